The highest BCUT2D eigenvalue weighted by molar-refractivity contribution is 8.04. The number of allylic oxidation sites excluding steroid dienone is 1. The molecule has 2 heterocycles. The Kier molecular flexibility index (Phi) is 2.65. The number of hydrogen-bond acceptors (Lipinski definition) is 3. The van der Waals surface area contributed by atoms with Crippen LogP contribution >= 0.6 is 23.4 Å². The van der Waals surface area contributed by atoms with E-state index in [1.807, 2.05) is 18.2 Å². The average Bonchev–Trinajstić information content (AvgIpc) is 2.46. The molecular formula is C16H11ClN2S. The van der Waals surface area contributed by atoms with Crippen molar-refractivity contribution in [1.29, 1.82) is 0 Å². The highest BCUT2D eigenvalue weighted by Gasteiger charge is 2.26. The van der Waals surface area contributed by atoms with Gasteiger partial charge in [0.2, 0.25) is 0 Å². The second kappa shape index (κ2) is 4.40. The van der Waals surface area contributed by atoms with E-state index < -0.39 is 0 Å². The van der Waals surface area contributed by atoms with Crippen molar-refractivity contribution >= 4 is 40.4 Å². The third kappa shape index (κ3) is 1.78. The lowest BCUT2D eigenvalue weighted by Gasteiger charge is -2.29. The lowest BCUT2D eigenvalue weighted by atomic mass is 10.0. The molecule has 98 valence electrons. The average molecular weight is 299 g/mol. The zero-order valence-corrected chi connectivity index (χ0v) is 12.4. The molecule has 0 spiro atoms. The van der Waals surface area contributed by atoms with Gasteiger partial charge in [-0.1, -0.05) is 41.6 Å². The van der Waals surface area contributed by atoms with Crippen molar-refractivity contribution in [3.63, 3.8) is 0 Å². The molecule has 0 saturated heterocycles. The summed E-state index contributed by atoms with van der Waals surface area (Å²) in [5.74, 6) is 0. The molecule has 2 aliphatic rings. The SMILES string of the molecule is CN1C=C2Sc3cc(Cl)ccc3N=C2c2ccccc21. The Morgan fingerprint density at radius 1 is 1.15 bits per heavy atom. The van der Waals surface area contributed by atoms with Crippen molar-refractivity contribution in [3.8, 4) is 0 Å². The summed E-state index contributed by atoms with van der Waals surface area (Å²) < 4.78 is 0. The number of rotatable bonds is 0. The van der Waals surface area contributed by atoms with E-state index >= 15 is 0 Å². The van der Waals surface area contributed by atoms with E-state index in [-0.39, 0.29) is 0 Å². The highest BCUT2D eigenvalue weighted by atomic mass is 35.5. The molecule has 0 fully saturated rings. The summed E-state index contributed by atoms with van der Waals surface area (Å²) >= 11 is 7.80. The lowest BCUT2D eigenvalue weighted by Crippen LogP contribution is -2.22. The highest BCUT2D eigenvalue weighted by Crippen LogP contribution is 2.45. The van der Waals surface area contributed by atoms with Gasteiger partial charge in [-0.05, 0) is 24.3 Å². The molecule has 4 heteroatoms. The van der Waals surface area contributed by atoms with Crippen molar-refractivity contribution in [1.82, 2.24) is 0 Å². The normalized spacial score (nSPS) is 15.8. The monoisotopic (exact) mass is 298 g/mol. The van der Waals surface area contributed by atoms with E-state index in [0.717, 1.165) is 21.3 Å². The second-order valence-corrected chi connectivity index (χ2v) is 6.32. The molecule has 0 aliphatic carbocycles. The van der Waals surface area contributed by atoms with Gasteiger partial charge in [-0.25, -0.2) is 4.99 Å². The first-order valence-corrected chi connectivity index (χ1v) is 7.52. The van der Waals surface area contributed by atoms with Crippen LogP contribution in [0.15, 0.2) is 63.5 Å². The fourth-order valence-corrected chi connectivity index (χ4v) is 3.85. The van der Waals surface area contributed by atoms with Crippen LogP contribution in [0.5, 0.6) is 0 Å². The Bertz CT molecular complexity index is 780. The maximum absolute atomic E-state index is 6.07. The third-order valence-corrected chi connectivity index (χ3v) is 4.76. The number of halogens is 1. The van der Waals surface area contributed by atoms with E-state index in [1.54, 1.807) is 11.8 Å². The topological polar surface area (TPSA) is 15.6 Å². The van der Waals surface area contributed by atoms with E-state index in [0.29, 0.717) is 0 Å². The Hall–Kier alpha value is -1.71. The van der Waals surface area contributed by atoms with Gasteiger partial charge < -0.3 is 4.90 Å². The predicted molar refractivity (Wildman–Crippen MR) is 86.4 cm³/mol. The maximum atomic E-state index is 6.07. The first-order chi connectivity index (χ1) is 9.72. The molecule has 0 saturated carbocycles. The van der Waals surface area contributed by atoms with E-state index in [4.69, 9.17) is 16.6 Å². The van der Waals surface area contributed by atoms with Crippen molar-refractivity contribution in [2.75, 3.05) is 11.9 Å². The number of benzene rings is 2. The van der Waals surface area contributed by atoms with Crippen molar-refractivity contribution in [3.05, 3.63) is 64.2 Å². The van der Waals surface area contributed by atoms with Gasteiger partial charge in [-0.3, -0.25) is 0 Å². The molecule has 2 aromatic carbocycles. The largest absolute Gasteiger partial charge is 0.349 e. The summed E-state index contributed by atoms with van der Waals surface area (Å²) in [4.78, 5) is 9.25. The standard InChI is InChI=1S/C16H11ClN2S/c1-19-9-15-16(11-4-2-3-5-13(11)19)18-12-7-6-10(17)8-14(12)20-15/h2-9H,1H3. The molecule has 0 N–H and O–H groups in total. The molecule has 0 amide bonds. The number of anilines is 1. The second-order valence-electron chi connectivity index (χ2n) is 4.80. The Labute approximate surface area is 126 Å². The van der Waals surface area contributed by atoms with Gasteiger partial charge in [0.1, 0.15) is 0 Å². The summed E-state index contributed by atoms with van der Waals surface area (Å²) in [5.41, 5.74) is 4.41. The summed E-state index contributed by atoms with van der Waals surface area (Å²) in [6, 6.07) is 14.2. The molecule has 2 aliphatic heterocycles. The molecular weight excluding hydrogens is 288 g/mol. The fourth-order valence-electron chi connectivity index (χ4n) is 2.51. The number of thioether (sulfide) groups is 1. The van der Waals surface area contributed by atoms with Gasteiger partial charge in [0.25, 0.3) is 0 Å². The van der Waals surface area contributed by atoms with E-state index in [2.05, 4.69) is 42.4 Å². The Morgan fingerprint density at radius 2 is 2.00 bits per heavy atom. The molecule has 0 atom stereocenters. The number of aliphatic imine (C=N–C) groups is 1. The van der Waals surface area contributed by atoms with Gasteiger partial charge in [0, 0.05) is 34.4 Å². The first-order valence-electron chi connectivity index (χ1n) is 6.33. The molecule has 2 aromatic rings. The molecule has 20 heavy (non-hydrogen) atoms. The number of para-hydroxylation sites is 1. The molecule has 0 radical (unpaired) electrons. The molecule has 4 rings (SSSR count). The molecule has 0 aromatic heterocycles. The zero-order valence-electron chi connectivity index (χ0n) is 10.8. The minimum atomic E-state index is 0.750. The maximum Gasteiger partial charge on any atom is 0.0884 e. The van der Waals surface area contributed by atoms with E-state index in [9.17, 15) is 0 Å². The van der Waals surface area contributed by atoms with Crippen molar-refractivity contribution in [2.45, 2.75) is 4.90 Å². The van der Waals surface area contributed by atoms with Crippen LogP contribution < -0.4 is 4.90 Å². The van der Waals surface area contributed by atoms with Crippen LogP contribution in [0.25, 0.3) is 0 Å². The summed E-state index contributed by atoms with van der Waals surface area (Å²) in [6.07, 6.45) is 2.13. The predicted octanol–water partition coefficient (Wildman–Crippen LogP) is 4.86. The fraction of sp³-hybridized carbons (Fsp3) is 0.0625. The van der Waals surface area contributed by atoms with Crippen molar-refractivity contribution in [2.24, 2.45) is 4.99 Å². The van der Waals surface area contributed by atoms with Gasteiger partial charge in [0.05, 0.1) is 16.3 Å². The zero-order chi connectivity index (χ0) is 13.7. The first kappa shape index (κ1) is 12.1. The number of hydrogen-bond donors (Lipinski definition) is 0. The van der Waals surface area contributed by atoms with Crippen LogP contribution in [-0.2, 0) is 0 Å². The number of fused-ring (bicyclic) bond motifs is 4. The number of nitrogens with zero attached hydrogens (tertiary/aromatic N) is 2. The molecule has 0 bridgehead atoms. The Morgan fingerprint density at radius 3 is 2.90 bits per heavy atom. The van der Waals surface area contributed by atoms with Gasteiger partial charge >= 0.3 is 0 Å². The Balaban J connectivity index is 1.95. The van der Waals surface area contributed by atoms with Crippen LogP contribution in [0.4, 0.5) is 11.4 Å². The van der Waals surface area contributed by atoms with Crippen LogP contribution in [-0.4, -0.2) is 12.8 Å². The van der Waals surface area contributed by atoms with Crippen LogP contribution in [0.3, 0.4) is 0 Å². The van der Waals surface area contributed by atoms with Gasteiger partial charge in [0.15, 0.2) is 0 Å². The summed E-state index contributed by atoms with van der Waals surface area (Å²) in [7, 11) is 2.07. The van der Waals surface area contributed by atoms with Gasteiger partial charge in [-0.15, -0.1) is 0 Å². The van der Waals surface area contributed by atoms with Crippen LogP contribution in [0.1, 0.15) is 5.56 Å². The van der Waals surface area contributed by atoms with Gasteiger partial charge in [-0.2, -0.15) is 0 Å². The summed E-state index contributed by atoms with van der Waals surface area (Å²) in [6.45, 7) is 0. The van der Waals surface area contributed by atoms with E-state index in [1.165, 1.54) is 16.2 Å². The molecule has 0 unspecified atom stereocenters. The van der Waals surface area contributed by atoms with Crippen molar-refractivity contribution < 1.29 is 0 Å². The third-order valence-electron chi connectivity index (χ3n) is 3.46. The summed E-state index contributed by atoms with van der Waals surface area (Å²) in [5, 5.41) is 0.750. The smallest absolute Gasteiger partial charge is 0.0884 e. The minimum absolute atomic E-state index is 0.750. The minimum Gasteiger partial charge on any atom is -0.349 e. The molecule has 2 nitrogen and oxygen atoms in total. The quantitative estimate of drug-likeness (QED) is 0.690. The lowest BCUT2D eigenvalue weighted by molar-refractivity contribution is 1.18. The van der Waals surface area contributed by atoms with Crippen LogP contribution in [0, 0.1) is 0 Å². The van der Waals surface area contributed by atoms with Crippen LogP contribution in [0.2, 0.25) is 5.02 Å².